The molecule has 0 spiro atoms. The Hall–Kier alpha value is -2.17. The van der Waals surface area contributed by atoms with Crippen molar-refractivity contribution >= 4 is 5.97 Å². The number of carbonyl (C=O) groups is 1. The highest BCUT2D eigenvalue weighted by molar-refractivity contribution is 5.79. The van der Waals surface area contributed by atoms with E-state index in [1.54, 1.807) is 38.4 Å². The lowest BCUT2D eigenvalue weighted by molar-refractivity contribution is -0.142. The van der Waals surface area contributed by atoms with Crippen LogP contribution in [0.3, 0.4) is 0 Å². The van der Waals surface area contributed by atoms with E-state index in [1.165, 1.54) is 6.26 Å². The molecule has 0 unspecified atom stereocenters. The first-order valence-corrected chi connectivity index (χ1v) is 5.11. The molecule has 2 rings (SSSR count). The Kier molecular flexibility index (Phi) is 2.67. The molecule has 0 atom stereocenters. The Morgan fingerprint density at radius 2 is 2.00 bits per heavy atom. The topological polar surface area (TPSA) is 76.2 Å². The number of aliphatic carboxylic acids is 1. The number of nitrogens with zero attached hydrogens (tertiary/aromatic N) is 2. The third kappa shape index (κ3) is 2.04. The molecule has 0 saturated carbocycles. The molecular weight excluding hydrogens is 220 g/mol. The molecule has 0 aliphatic rings. The van der Waals surface area contributed by atoms with Gasteiger partial charge in [-0.25, -0.2) is 4.98 Å². The molecule has 2 aromatic rings. The van der Waals surface area contributed by atoms with Gasteiger partial charge in [-0.15, -0.1) is 0 Å². The minimum absolute atomic E-state index is 0.400. The van der Waals surface area contributed by atoms with Crippen LogP contribution < -0.4 is 0 Å². The highest BCUT2D eigenvalue weighted by Crippen LogP contribution is 2.26. The molecular formula is C12H12N2O3. The lowest BCUT2D eigenvalue weighted by atomic mass is 9.90. The molecule has 88 valence electrons. The van der Waals surface area contributed by atoms with Crippen molar-refractivity contribution in [3.05, 3.63) is 36.5 Å². The monoisotopic (exact) mass is 232 g/mol. The van der Waals surface area contributed by atoms with Gasteiger partial charge in [-0.3, -0.25) is 9.78 Å². The van der Waals surface area contributed by atoms with Crippen LogP contribution in [-0.4, -0.2) is 21.0 Å². The zero-order chi connectivity index (χ0) is 12.5. The molecule has 0 fully saturated rings. The van der Waals surface area contributed by atoms with Crippen molar-refractivity contribution in [1.82, 2.24) is 9.97 Å². The van der Waals surface area contributed by atoms with Crippen LogP contribution in [0.15, 0.2) is 35.2 Å². The van der Waals surface area contributed by atoms with E-state index in [0.717, 1.165) is 5.56 Å². The van der Waals surface area contributed by atoms with E-state index in [0.29, 0.717) is 11.6 Å². The predicted octanol–water partition coefficient (Wildman–Crippen LogP) is 2.10. The molecule has 0 aromatic carbocycles. The van der Waals surface area contributed by atoms with Crippen LogP contribution >= 0.6 is 0 Å². The van der Waals surface area contributed by atoms with E-state index in [1.807, 2.05) is 0 Å². The molecule has 0 aliphatic heterocycles. The minimum Gasteiger partial charge on any atom is -0.481 e. The number of rotatable bonds is 3. The Labute approximate surface area is 98.1 Å². The molecule has 0 radical (unpaired) electrons. The number of carboxylic acid groups (broad SMARTS) is 1. The maximum Gasteiger partial charge on any atom is 0.315 e. The van der Waals surface area contributed by atoms with Crippen LogP contribution in [0.5, 0.6) is 0 Å². The Morgan fingerprint density at radius 3 is 2.59 bits per heavy atom. The summed E-state index contributed by atoms with van der Waals surface area (Å²) in [6.07, 6.45) is 4.63. The highest BCUT2D eigenvalue weighted by Gasteiger charge is 2.33. The lowest BCUT2D eigenvalue weighted by Gasteiger charge is -2.14. The molecule has 5 nitrogen and oxygen atoms in total. The third-order valence-corrected chi connectivity index (χ3v) is 2.61. The van der Waals surface area contributed by atoms with E-state index in [-0.39, 0.29) is 0 Å². The Balaban J connectivity index is 2.38. The second-order valence-corrected chi connectivity index (χ2v) is 4.20. The zero-order valence-corrected chi connectivity index (χ0v) is 9.54. The van der Waals surface area contributed by atoms with E-state index in [9.17, 15) is 4.79 Å². The summed E-state index contributed by atoms with van der Waals surface area (Å²) >= 11 is 0. The molecule has 0 amide bonds. The second kappa shape index (κ2) is 4.01. The van der Waals surface area contributed by atoms with Crippen LogP contribution in [0.2, 0.25) is 0 Å². The average Bonchev–Trinajstić information content (AvgIpc) is 2.80. The van der Waals surface area contributed by atoms with E-state index in [2.05, 4.69) is 9.97 Å². The number of carboxylic acids is 1. The van der Waals surface area contributed by atoms with Gasteiger partial charge in [-0.2, -0.15) is 0 Å². The van der Waals surface area contributed by atoms with Gasteiger partial charge in [0.1, 0.15) is 11.7 Å². The van der Waals surface area contributed by atoms with Crippen molar-refractivity contribution in [2.75, 3.05) is 0 Å². The van der Waals surface area contributed by atoms with Crippen LogP contribution in [0.4, 0.5) is 0 Å². The van der Waals surface area contributed by atoms with Gasteiger partial charge < -0.3 is 9.52 Å². The molecule has 2 aromatic heterocycles. The third-order valence-electron chi connectivity index (χ3n) is 2.61. The van der Waals surface area contributed by atoms with Crippen LogP contribution in [0, 0.1) is 0 Å². The van der Waals surface area contributed by atoms with Crippen LogP contribution in [0.1, 0.15) is 19.5 Å². The van der Waals surface area contributed by atoms with Gasteiger partial charge in [0, 0.05) is 18.0 Å². The average molecular weight is 232 g/mol. The summed E-state index contributed by atoms with van der Waals surface area (Å²) in [5, 5.41) is 9.08. The van der Waals surface area contributed by atoms with Gasteiger partial charge >= 0.3 is 5.97 Å². The molecule has 17 heavy (non-hydrogen) atoms. The predicted molar refractivity (Wildman–Crippen MR) is 60.4 cm³/mol. The van der Waals surface area contributed by atoms with Crippen molar-refractivity contribution in [3.8, 4) is 11.5 Å². The fraction of sp³-hybridized carbons (Fsp3) is 0.250. The van der Waals surface area contributed by atoms with Crippen LogP contribution in [-0.2, 0) is 10.2 Å². The maximum atomic E-state index is 11.1. The summed E-state index contributed by atoms with van der Waals surface area (Å²) in [7, 11) is 0. The van der Waals surface area contributed by atoms with Gasteiger partial charge in [-0.1, -0.05) is 0 Å². The van der Waals surface area contributed by atoms with E-state index < -0.39 is 11.4 Å². The number of hydrogen-bond acceptors (Lipinski definition) is 4. The lowest BCUT2D eigenvalue weighted by Crippen LogP contribution is -2.28. The van der Waals surface area contributed by atoms with Gasteiger partial charge in [0.15, 0.2) is 0 Å². The number of aromatic nitrogens is 2. The molecule has 2 heterocycles. The first-order valence-electron chi connectivity index (χ1n) is 5.11. The Bertz CT molecular complexity index is 532. The van der Waals surface area contributed by atoms with Crippen LogP contribution in [0.25, 0.3) is 11.5 Å². The van der Waals surface area contributed by atoms with E-state index in [4.69, 9.17) is 9.52 Å². The summed E-state index contributed by atoms with van der Waals surface area (Å²) in [5.74, 6) is -0.538. The summed E-state index contributed by atoms with van der Waals surface area (Å²) in [6.45, 7) is 3.17. The van der Waals surface area contributed by atoms with Gasteiger partial charge in [-0.05, 0) is 26.0 Å². The standard InChI is InChI=1S/C12H12N2O3/c1-12(2,11(15)16)9-7-17-10(14-9)8-3-5-13-6-4-8/h3-7H,1-2H3,(H,15,16). The normalized spacial score (nSPS) is 11.4. The SMILES string of the molecule is CC(C)(C(=O)O)c1coc(-c2ccncc2)n1. The summed E-state index contributed by atoms with van der Waals surface area (Å²) in [5.41, 5.74) is 0.110. The van der Waals surface area contributed by atoms with Crippen molar-refractivity contribution in [2.45, 2.75) is 19.3 Å². The quantitative estimate of drug-likeness (QED) is 0.876. The van der Waals surface area contributed by atoms with E-state index >= 15 is 0 Å². The fourth-order valence-corrected chi connectivity index (χ4v) is 1.30. The first kappa shape index (κ1) is 11.3. The van der Waals surface area contributed by atoms with Crippen molar-refractivity contribution in [3.63, 3.8) is 0 Å². The largest absolute Gasteiger partial charge is 0.481 e. The summed E-state index contributed by atoms with van der Waals surface area (Å²) in [6, 6.07) is 3.51. The van der Waals surface area contributed by atoms with Gasteiger partial charge in [0.25, 0.3) is 0 Å². The minimum atomic E-state index is -1.06. The maximum absolute atomic E-state index is 11.1. The summed E-state index contributed by atoms with van der Waals surface area (Å²) in [4.78, 5) is 19.2. The summed E-state index contributed by atoms with van der Waals surface area (Å²) < 4.78 is 5.28. The first-order chi connectivity index (χ1) is 8.01. The number of oxazole rings is 1. The fourth-order valence-electron chi connectivity index (χ4n) is 1.30. The van der Waals surface area contributed by atoms with Crippen molar-refractivity contribution < 1.29 is 14.3 Å². The second-order valence-electron chi connectivity index (χ2n) is 4.20. The molecule has 1 N–H and O–H groups in total. The molecule has 0 bridgehead atoms. The molecule has 5 heteroatoms. The van der Waals surface area contributed by atoms with Crippen molar-refractivity contribution in [2.24, 2.45) is 0 Å². The van der Waals surface area contributed by atoms with Gasteiger partial charge in [0.2, 0.25) is 5.89 Å². The highest BCUT2D eigenvalue weighted by atomic mass is 16.4. The van der Waals surface area contributed by atoms with Crippen molar-refractivity contribution in [1.29, 1.82) is 0 Å². The van der Waals surface area contributed by atoms with Gasteiger partial charge in [0.05, 0.1) is 5.69 Å². The molecule has 0 aliphatic carbocycles. The zero-order valence-electron chi connectivity index (χ0n) is 9.54. The smallest absolute Gasteiger partial charge is 0.315 e. The number of hydrogen-bond donors (Lipinski definition) is 1. The number of pyridine rings is 1. The molecule has 0 saturated heterocycles. The Morgan fingerprint density at radius 1 is 1.35 bits per heavy atom.